The highest BCUT2D eigenvalue weighted by Crippen LogP contribution is 2.15. The Morgan fingerprint density at radius 2 is 1.36 bits per heavy atom. The van der Waals surface area contributed by atoms with Gasteiger partial charge in [-0.15, -0.1) is 0 Å². The Balaban J connectivity index is 1.58. The van der Waals surface area contributed by atoms with Gasteiger partial charge in [0.2, 0.25) is 0 Å². The Bertz CT molecular complexity index is 887. The molecule has 0 spiro atoms. The first-order chi connectivity index (χ1) is 19.2. The molecular weight excluding hydrogens is 488 g/mol. The van der Waals surface area contributed by atoms with E-state index in [1.165, 1.54) is 96.3 Å². The van der Waals surface area contributed by atoms with Crippen LogP contribution in [0.4, 0.5) is 5.82 Å². The summed E-state index contributed by atoms with van der Waals surface area (Å²) in [5, 5.41) is 0. The second-order valence-corrected chi connectivity index (χ2v) is 11.0. The number of fused-ring (bicyclic) bond motifs is 1. The Morgan fingerprint density at radius 3 is 2.05 bits per heavy atom. The third-order valence-electron chi connectivity index (χ3n) is 7.50. The second kappa shape index (κ2) is 21.6. The molecule has 0 atom stereocenters. The van der Waals surface area contributed by atoms with Crippen LogP contribution in [-0.2, 0) is 16.1 Å². The zero-order chi connectivity index (χ0) is 28.0. The van der Waals surface area contributed by atoms with E-state index in [0.717, 1.165) is 51.0 Å². The molecule has 0 bridgehead atoms. The summed E-state index contributed by atoms with van der Waals surface area (Å²) in [6, 6.07) is 0. The summed E-state index contributed by atoms with van der Waals surface area (Å²) in [5.41, 5.74) is 7.44. The van der Waals surface area contributed by atoms with Gasteiger partial charge in [0, 0.05) is 13.0 Å². The Labute approximate surface area is 237 Å². The Kier molecular flexibility index (Phi) is 18.3. The molecule has 0 unspecified atom stereocenters. The molecule has 2 aromatic heterocycles. The zero-order valence-electron chi connectivity index (χ0n) is 25.0. The van der Waals surface area contributed by atoms with Crippen molar-refractivity contribution in [3.8, 4) is 0 Å². The van der Waals surface area contributed by atoms with Crippen molar-refractivity contribution in [1.82, 2.24) is 24.4 Å². The molecule has 8 nitrogen and oxygen atoms in total. The van der Waals surface area contributed by atoms with Crippen LogP contribution in [0.2, 0.25) is 0 Å². The van der Waals surface area contributed by atoms with Crippen LogP contribution in [0.5, 0.6) is 0 Å². The minimum Gasteiger partial charge on any atom is -0.466 e. The monoisotopic (exact) mass is 544 g/mol. The van der Waals surface area contributed by atoms with Gasteiger partial charge in [0.25, 0.3) is 0 Å². The molecule has 2 rings (SSSR count). The van der Waals surface area contributed by atoms with E-state index in [1.54, 1.807) is 0 Å². The fraction of sp³-hybridized carbons (Fsp3) is 0.806. The predicted octanol–water partition coefficient (Wildman–Crippen LogP) is 7.32. The third kappa shape index (κ3) is 14.7. The third-order valence-corrected chi connectivity index (χ3v) is 7.50. The number of nitrogen functional groups attached to an aromatic ring is 1. The smallest absolute Gasteiger partial charge is 0.305 e. The van der Waals surface area contributed by atoms with Gasteiger partial charge >= 0.3 is 5.97 Å². The first kappa shape index (κ1) is 33.0. The maximum Gasteiger partial charge on any atom is 0.305 e. The van der Waals surface area contributed by atoms with Crippen LogP contribution < -0.4 is 5.73 Å². The van der Waals surface area contributed by atoms with Gasteiger partial charge in [-0.2, -0.15) is 0 Å². The summed E-state index contributed by atoms with van der Waals surface area (Å²) in [5.74, 6) is 0.426. The quantitative estimate of drug-likeness (QED) is 0.103. The largest absolute Gasteiger partial charge is 0.466 e. The number of imidazole rings is 1. The number of unbranched alkanes of at least 4 members (excludes halogenated alkanes) is 13. The molecule has 0 saturated heterocycles. The fourth-order valence-corrected chi connectivity index (χ4v) is 5.08. The molecule has 2 N–H and O–H groups in total. The minimum absolute atomic E-state index is 0.0161. The maximum absolute atomic E-state index is 11.9. The number of esters is 1. The number of hydrogen-bond donors (Lipinski definition) is 1. The fourth-order valence-electron chi connectivity index (χ4n) is 5.08. The van der Waals surface area contributed by atoms with E-state index in [-0.39, 0.29) is 5.97 Å². The molecule has 0 aliphatic heterocycles. The van der Waals surface area contributed by atoms with E-state index >= 15 is 0 Å². The normalized spacial score (nSPS) is 11.6. The van der Waals surface area contributed by atoms with E-state index < -0.39 is 0 Å². The summed E-state index contributed by atoms with van der Waals surface area (Å²) < 4.78 is 7.49. The highest BCUT2D eigenvalue weighted by molar-refractivity contribution is 5.81. The van der Waals surface area contributed by atoms with Crippen molar-refractivity contribution < 1.29 is 9.53 Å². The average molecular weight is 545 g/mol. The molecule has 0 saturated carbocycles. The number of anilines is 1. The van der Waals surface area contributed by atoms with Crippen molar-refractivity contribution in [3.05, 3.63) is 12.7 Å². The van der Waals surface area contributed by atoms with Gasteiger partial charge < -0.3 is 19.9 Å². The predicted molar refractivity (Wildman–Crippen MR) is 162 cm³/mol. The number of rotatable bonds is 25. The maximum atomic E-state index is 11.9. The molecule has 0 radical (unpaired) electrons. The highest BCUT2D eigenvalue weighted by Gasteiger charge is 2.10. The van der Waals surface area contributed by atoms with Crippen molar-refractivity contribution in [2.45, 2.75) is 136 Å². The van der Waals surface area contributed by atoms with Crippen LogP contribution >= 0.6 is 0 Å². The number of aryl methyl sites for hydroxylation is 1. The highest BCUT2D eigenvalue weighted by atomic mass is 16.5. The molecule has 2 heterocycles. The van der Waals surface area contributed by atoms with Gasteiger partial charge in [-0.1, -0.05) is 90.9 Å². The summed E-state index contributed by atoms with van der Waals surface area (Å²) in [6.07, 6.45) is 24.5. The van der Waals surface area contributed by atoms with Gasteiger partial charge in [-0.3, -0.25) is 4.79 Å². The SMILES string of the molecule is CCCCCCCCOC(=O)CCCCCCCN(CCCCCCC)CCCn1cnc2c(N)ncnc21. The van der Waals surface area contributed by atoms with E-state index in [1.807, 2.05) is 6.33 Å². The summed E-state index contributed by atoms with van der Waals surface area (Å²) in [6.45, 7) is 9.38. The van der Waals surface area contributed by atoms with E-state index in [4.69, 9.17) is 10.5 Å². The molecule has 0 amide bonds. The molecule has 39 heavy (non-hydrogen) atoms. The van der Waals surface area contributed by atoms with Gasteiger partial charge in [0.05, 0.1) is 12.9 Å². The van der Waals surface area contributed by atoms with Crippen LogP contribution in [0.15, 0.2) is 12.7 Å². The van der Waals surface area contributed by atoms with Gasteiger partial charge in [-0.05, 0) is 51.7 Å². The second-order valence-electron chi connectivity index (χ2n) is 11.0. The molecule has 0 aliphatic rings. The lowest BCUT2D eigenvalue weighted by atomic mass is 10.1. The number of hydrogen-bond acceptors (Lipinski definition) is 7. The standard InChI is InChI=1S/C31H56N6O2/c1-3-5-7-9-14-18-25-39-28(38)20-15-11-10-13-17-22-36(21-16-12-8-6-4-2)23-19-24-37-27-35-29-30(32)33-26-34-31(29)37/h26-27H,3-25H2,1-2H3,(H2,32,33,34). The first-order valence-electron chi connectivity index (χ1n) is 15.9. The molecule has 2 aromatic rings. The molecule has 0 fully saturated rings. The lowest BCUT2D eigenvalue weighted by Gasteiger charge is -2.22. The molecule has 0 aromatic carbocycles. The summed E-state index contributed by atoms with van der Waals surface area (Å²) in [7, 11) is 0. The average Bonchev–Trinajstić information content (AvgIpc) is 3.35. The number of carbonyl (C=O) groups excluding carboxylic acids is 1. The van der Waals surface area contributed by atoms with Gasteiger partial charge in [0.15, 0.2) is 11.5 Å². The number of nitrogens with two attached hydrogens (primary N) is 1. The van der Waals surface area contributed by atoms with Crippen LogP contribution in [0.3, 0.4) is 0 Å². The lowest BCUT2D eigenvalue weighted by molar-refractivity contribution is -0.143. The van der Waals surface area contributed by atoms with E-state index in [0.29, 0.717) is 24.4 Å². The number of carbonyl (C=O) groups is 1. The molecule has 222 valence electrons. The van der Waals surface area contributed by atoms with Crippen molar-refractivity contribution in [1.29, 1.82) is 0 Å². The number of aromatic nitrogens is 4. The Hall–Kier alpha value is -2.22. The van der Waals surface area contributed by atoms with E-state index in [2.05, 4.69) is 38.3 Å². The summed E-state index contributed by atoms with van der Waals surface area (Å²) >= 11 is 0. The van der Waals surface area contributed by atoms with Crippen molar-refractivity contribution >= 4 is 23.0 Å². The van der Waals surface area contributed by atoms with Crippen LogP contribution in [0, 0.1) is 0 Å². The Morgan fingerprint density at radius 1 is 0.769 bits per heavy atom. The van der Waals surface area contributed by atoms with E-state index in [9.17, 15) is 4.79 Å². The lowest BCUT2D eigenvalue weighted by Crippen LogP contribution is -2.28. The molecule has 0 aliphatic carbocycles. The first-order valence-corrected chi connectivity index (χ1v) is 15.9. The van der Waals surface area contributed by atoms with Crippen molar-refractivity contribution in [2.24, 2.45) is 0 Å². The topological polar surface area (TPSA) is 99.2 Å². The van der Waals surface area contributed by atoms with Crippen LogP contribution in [0.25, 0.3) is 11.2 Å². The zero-order valence-corrected chi connectivity index (χ0v) is 25.0. The van der Waals surface area contributed by atoms with Gasteiger partial charge in [0.1, 0.15) is 11.8 Å². The van der Waals surface area contributed by atoms with Crippen molar-refractivity contribution in [2.75, 3.05) is 32.0 Å². The minimum atomic E-state index is -0.0161. The van der Waals surface area contributed by atoms with Crippen LogP contribution in [-0.4, -0.2) is 56.6 Å². The molecule has 8 heteroatoms. The number of nitrogens with zero attached hydrogens (tertiary/aromatic N) is 5. The number of ether oxygens (including phenoxy) is 1. The van der Waals surface area contributed by atoms with Crippen molar-refractivity contribution in [3.63, 3.8) is 0 Å². The molecular formula is C31H56N6O2. The summed E-state index contributed by atoms with van der Waals surface area (Å²) in [4.78, 5) is 27.4. The van der Waals surface area contributed by atoms with Gasteiger partial charge in [-0.25, -0.2) is 15.0 Å². The van der Waals surface area contributed by atoms with Crippen LogP contribution in [0.1, 0.15) is 129 Å².